The number of rotatable bonds is 6. The molecule has 5 heteroatoms. The SMILES string of the molecule is CCn1c(-c2ccccc2)c(C(=O)COc2ccc(Cl)cc2Br)c2ccccc21. The van der Waals surface area contributed by atoms with E-state index in [0.29, 0.717) is 16.3 Å². The molecule has 0 unspecified atom stereocenters. The minimum absolute atomic E-state index is 0.0578. The molecule has 0 atom stereocenters. The Morgan fingerprint density at radius 3 is 2.48 bits per heavy atom. The van der Waals surface area contributed by atoms with Gasteiger partial charge < -0.3 is 9.30 Å². The summed E-state index contributed by atoms with van der Waals surface area (Å²) in [5.74, 6) is 0.525. The van der Waals surface area contributed by atoms with Gasteiger partial charge in [-0.3, -0.25) is 4.79 Å². The molecular weight excluding hydrogens is 450 g/mol. The van der Waals surface area contributed by atoms with Crippen molar-refractivity contribution in [2.24, 2.45) is 0 Å². The van der Waals surface area contributed by atoms with Crippen LogP contribution in [0, 0.1) is 0 Å². The second-order valence-corrected chi connectivity index (χ2v) is 7.93. The highest BCUT2D eigenvalue weighted by Gasteiger charge is 2.23. The zero-order valence-electron chi connectivity index (χ0n) is 15.9. The molecular formula is C24H19BrClNO2. The van der Waals surface area contributed by atoms with Crippen molar-refractivity contribution in [2.45, 2.75) is 13.5 Å². The van der Waals surface area contributed by atoms with Crippen molar-refractivity contribution in [3.8, 4) is 17.0 Å². The number of halogens is 2. The maximum absolute atomic E-state index is 13.4. The smallest absolute Gasteiger partial charge is 0.203 e. The number of carbonyl (C=O) groups is 1. The Hall–Kier alpha value is -2.56. The number of benzene rings is 3. The van der Waals surface area contributed by atoms with Crippen molar-refractivity contribution < 1.29 is 9.53 Å². The Labute approximate surface area is 183 Å². The lowest BCUT2D eigenvalue weighted by molar-refractivity contribution is 0.0923. The van der Waals surface area contributed by atoms with Gasteiger partial charge in [-0.25, -0.2) is 0 Å². The average molecular weight is 469 g/mol. The minimum atomic E-state index is -0.0610. The first-order valence-corrected chi connectivity index (χ1v) is 10.5. The van der Waals surface area contributed by atoms with Gasteiger partial charge in [0.05, 0.1) is 15.7 Å². The van der Waals surface area contributed by atoms with Crippen LogP contribution in [0.1, 0.15) is 17.3 Å². The molecule has 0 aliphatic heterocycles. The molecule has 0 fully saturated rings. The molecule has 0 saturated heterocycles. The Bertz CT molecular complexity index is 1180. The van der Waals surface area contributed by atoms with Crippen molar-refractivity contribution in [3.05, 3.63) is 87.9 Å². The molecule has 1 heterocycles. The van der Waals surface area contributed by atoms with Gasteiger partial charge in [-0.05, 0) is 52.7 Å². The summed E-state index contributed by atoms with van der Waals surface area (Å²) < 4.78 is 8.74. The van der Waals surface area contributed by atoms with E-state index in [-0.39, 0.29) is 12.4 Å². The monoisotopic (exact) mass is 467 g/mol. The summed E-state index contributed by atoms with van der Waals surface area (Å²) in [7, 11) is 0. The van der Waals surface area contributed by atoms with E-state index in [4.69, 9.17) is 16.3 Å². The third kappa shape index (κ3) is 3.83. The third-order valence-corrected chi connectivity index (χ3v) is 5.72. The Balaban J connectivity index is 1.79. The molecule has 0 saturated carbocycles. The second kappa shape index (κ2) is 8.44. The van der Waals surface area contributed by atoms with Crippen molar-refractivity contribution >= 4 is 44.2 Å². The lowest BCUT2D eigenvalue weighted by Gasteiger charge is -2.11. The van der Waals surface area contributed by atoms with Crippen molar-refractivity contribution in [2.75, 3.05) is 6.61 Å². The topological polar surface area (TPSA) is 31.2 Å². The van der Waals surface area contributed by atoms with Crippen LogP contribution in [0.3, 0.4) is 0 Å². The second-order valence-electron chi connectivity index (χ2n) is 6.64. The van der Waals surface area contributed by atoms with Crippen LogP contribution in [0.2, 0.25) is 5.02 Å². The maximum Gasteiger partial charge on any atom is 0.203 e. The zero-order valence-corrected chi connectivity index (χ0v) is 18.2. The number of Topliss-reactive ketones (excluding diaryl/α,β-unsaturated/α-hetero) is 1. The standard InChI is InChI=1S/C24H19BrClNO2/c1-2-27-20-11-7-6-10-18(20)23(24(27)16-8-4-3-5-9-16)21(28)15-29-22-13-12-17(26)14-19(22)25/h3-14H,2,15H2,1H3. The fraction of sp³-hybridized carbons (Fsp3) is 0.125. The van der Waals surface area contributed by atoms with Gasteiger partial charge in [0.2, 0.25) is 5.78 Å². The highest BCUT2D eigenvalue weighted by atomic mass is 79.9. The molecule has 4 rings (SSSR count). The fourth-order valence-electron chi connectivity index (χ4n) is 3.62. The van der Waals surface area contributed by atoms with Gasteiger partial charge in [-0.15, -0.1) is 0 Å². The number of aryl methyl sites for hydroxylation is 1. The Morgan fingerprint density at radius 1 is 1.03 bits per heavy atom. The molecule has 3 nitrogen and oxygen atoms in total. The highest BCUT2D eigenvalue weighted by molar-refractivity contribution is 9.10. The molecule has 0 bridgehead atoms. The van der Waals surface area contributed by atoms with Crippen LogP contribution in [-0.2, 0) is 6.54 Å². The largest absolute Gasteiger partial charge is 0.484 e. The first kappa shape index (κ1) is 19.7. The van der Waals surface area contributed by atoms with E-state index in [1.165, 1.54) is 0 Å². The summed E-state index contributed by atoms with van der Waals surface area (Å²) in [4.78, 5) is 13.4. The van der Waals surface area contributed by atoms with Gasteiger partial charge in [0, 0.05) is 22.5 Å². The molecule has 0 spiro atoms. The van der Waals surface area contributed by atoms with Gasteiger partial charge >= 0.3 is 0 Å². The highest BCUT2D eigenvalue weighted by Crippen LogP contribution is 2.35. The molecule has 3 aromatic carbocycles. The lowest BCUT2D eigenvalue weighted by Crippen LogP contribution is -2.13. The van der Waals surface area contributed by atoms with Crippen LogP contribution in [0.5, 0.6) is 5.75 Å². The van der Waals surface area contributed by atoms with Crippen molar-refractivity contribution in [1.82, 2.24) is 4.57 Å². The number of fused-ring (bicyclic) bond motifs is 1. The van der Waals surface area contributed by atoms with Crippen LogP contribution in [0.25, 0.3) is 22.2 Å². The van der Waals surface area contributed by atoms with Gasteiger partial charge in [0.25, 0.3) is 0 Å². The number of nitrogens with zero attached hydrogens (tertiary/aromatic N) is 1. The summed E-state index contributed by atoms with van der Waals surface area (Å²) >= 11 is 9.43. The van der Waals surface area contributed by atoms with E-state index < -0.39 is 0 Å². The Kier molecular flexibility index (Phi) is 5.74. The number of hydrogen-bond acceptors (Lipinski definition) is 2. The predicted octanol–water partition coefficient (Wildman–Crippen LogP) is 7.01. The van der Waals surface area contributed by atoms with Crippen LogP contribution >= 0.6 is 27.5 Å². The Morgan fingerprint density at radius 2 is 1.76 bits per heavy atom. The van der Waals surface area contributed by atoms with Gasteiger partial charge in [0.1, 0.15) is 5.75 Å². The number of para-hydroxylation sites is 1. The number of ether oxygens (including phenoxy) is 1. The number of ketones is 1. The maximum atomic E-state index is 13.4. The zero-order chi connectivity index (χ0) is 20.4. The molecule has 0 aliphatic rings. The first-order chi connectivity index (χ1) is 14.1. The fourth-order valence-corrected chi connectivity index (χ4v) is 4.42. The quantitative estimate of drug-likeness (QED) is 0.285. The lowest BCUT2D eigenvalue weighted by atomic mass is 10.0. The van der Waals surface area contributed by atoms with Crippen molar-refractivity contribution in [3.63, 3.8) is 0 Å². The normalized spacial score (nSPS) is 11.0. The van der Waals surface area contributed by atoms with E-state index >= 15 is 0 Å². The molecule has 0 aliphatic carbocycles. The summed E-state index contributed by atoms with van der Waals surface area (Å²) in [6, 6.07) is 23.3. The van der Waals surface area contributed by atoms with Crippen LogP contribution in [0.15, 0.2) is 77.3 Å². The van der Waals surface area contributed by atoms with Crippen molar-refractivity contribution in [1.29, 1.82) is 0 Å². The van der Waals surface area contributed by atoms with E-state index in [9.17, 15) is 4.79 Å². The molecule has 146 valence electrons. The summed E-state index contributed by atoms with van der Waals surface area (Å²) in [6.07, 6.45) is 0. The number of aromatic nitrogens is 1. The molecule has 0 amide bonds. The average Bonchev–Trinajstić information content (AvgIpc) is 3.08. The van der Waals surface area contributed by atoms with Crippen LogP contribution < -0.4 is 4.74 Å². The molecule has 0 radical (unpaired) electrons. The summed E-state index contributed by atoms with van der Waals surface area (Å²) in [5.41, 5.74) is 3.68. The summed E-state index contributed by atoms with van der Waals surface area (Å²) in [6.45, 7) is 2.80. The molecule has 1 aromatic heterocycles. The van der Waals surface area contributed by atoms with E-state index in [1.807, 2.05) is 48.5 Å². The molecule has 0 N–H and O–H groups in total. The van der Waals surface area contributed by atoms with Crippen LogP contribution in [-0.4, -0.2) is 17.0 Å². The van der Waals surface area contributed by atoms with E-state index in [1.54, 1.807) is 18.2 Å². The third-order valence-electron chi connectivity index (χ3n) is 4.87. The van der Waals surface area contributed by atoms with Gasteiger partial charge in [-0.1, -0.05) is 60.1 Å². The number of carbonyl (C=O) groups excluding carboxylic acids is 1. The summed E-state index contributed by atoms with van der Waals surface area (Å²) in [5, 5.41) is 1.55. The van der Waals surface area contributed by atoms with Gasteiger partial charge in [0.15, 0.2) is 6.61 Å². The minimum Gasteiger partial charge on any atom is -0.484 e. The first-order valence-electron chi connectivity index (χ1n) is 9.38. The number of hydrogen-bond donors (Lipinski definition) is 0. The molecule has 4 aromatic rings. The van der Waals surface area contributed by atoms with Gasteiger partial charge in [-0.2, -0.15) is 0 Å². The van der Waals surface area contributed by atoms with E-state index in [2.05, 4.69) is 33.5 Å². The predicted molar refractivity (Wildman–Crippen MR) is 122 cm³/mol. The molecule has 29 heavy (non-hydrogen) atoms. The van der Waals surface area contributed by atoms with E-state index in [0.717, 1.165) is 33.2 Å². The van der Waals surface area contributed by atoms with Crippen LogP contribution in [0.4, 0.5) is 0 Å².